The van der Waals surface area contributed by atoms with Gasteiger partial charge in [-0.25, -0.2) is 4.79 Å². The van der Waals surface area contributed by atoms with Gasteiger partial charge in [0.05, 0.1) is 31.5 Å². The van der Waals surface area contributed by atoms with E-state index in [0.29, 0.717) is 4.90 Å². The molecule has 14 N–H and O–H groups in total. The van der Waals surface area contributed by atoms with Crippen LogP contribution in [0.2, 0.25) is 0 Å². The maximum Gasteiger partial charge on any atom is 0.337 e. The molecule has 19 heteroatoms. The number of amides is 1. The minimum absolute atomic E-state index is 0.0994. The molecule has 1 rings (SSSR count). The van der Waals surface area contributed by atoms with Gasteiger partial charge in [0, 0.05) is 32.9 Å². The summed E-state index contributed by atoms with van der Waals surface area (Å²) in [4.78, 5) is 25.3. The van der Waals surface area contributed by atoms with E-state index < -0.39 is 123 Å². The zero-order valence-corrected chi connectivity index (χ0v) is 26.1. The number of hydrogen-bond donors (Lipinski definition) is 12. The fraction of sp³-hybridized carbons (Fsp3) is 0.926. The molecule has 0 saturated carbocycles. The van der Waals surface area contributed by atoms with Crippen LogP contribution in [0.15, 0.2) is 0 Å². The lowest BCUT2D eigenvalue weighted by molar-refractivity contribution is -0.215. The minimum atomic E-state index is -2.14. The van der Waals surface area contributed by atoms with Gasteiger partial charge in [0.25, 0.3) is 5.91 Å². The first-order valence-electron chi connectivity index (χ1n) is 14.8. The van der Waals surface area contributed by atoms with E-state index in [1.54, 1.807) is 13.8 Å². The number of ether oxygens (including phenoxy) is 3. The summed E-state index contributed by atoms with van der Waals surface area (Å²) in [5.74, 6) is -3.55. The number of cyclic esters (lactones) is 1. The first kappa shape index (κ1) is 42.4. The molecule has 0 aliphatic carbocycles. The summed E-state index contributed by atoms with van der Waals surface area (Å²) in [5.41, 5.74) is -1.17. The number of carbonyl (C=O) groups is 2. The molecule has 1 aliphatic rings. The van der Waals surface area contributed by atoms with E-state index in [9.17, 15) is 65.8 Å². The highest BCUT2D eigenvalue weighted by Gasteiger charge is 2.44. The van der Waals surface area contributed by atoms with Gasteiger partial charge < -0.3 is 85.5 Å². The first-order chi connectivity index (χ1) is 21.2. The van der Waals surface area contributed by atoms with Crippen molar-refractivity contribution in [1.29, 1.82) is 0 Å². The average Bonchev–Trinajstić information content (AvgIpc) is 3.29. The van der Waals surface area contributed by atoms with Crippen LogP contribution in [-0.4, -0.2) is 201 Å². The maximum atomic E-state index is 13.2. The van der Waals surface area contributed by atoms with Crippen LogP contribution in [0.3, 0.4) is 0 Å². The summed E-state index contributed by atoms with van der Waals surface area (Å²) in [6.07, 6.45) is -20.6. The Kier molecular flexibility index (Phi) is 17.3. The molecular weight excluding hydrogens is 626 g/mol. The number of aliphatic hydroxyl groups is 12. The molecule has 0 bridgehead atoms. The van der Waals surface area contributed by atoms with Crippen LogP contribution >= 0.6 is 0 Å². The van der Waals surface area contributed by atoms with Gasteiger partial charge in [-0.05, 0) is 13.3 Å². The van der Waals surface area contributed by atoms with Gasteiger partial charge in [0.1, 0.15) is 42.7 Å². The quantitative estimate of drug-likeness (QED) is 0.0374. The molecule has 19 nitrogen and oxygen atoms in total. The molecule has 0 spiro atoms. The Balaban J connectivity index is 2.98. The van der Waals surface area contributed by atoms with Crippen LogP contribution < -0.4 is 0 Å². The van der Waals surface area contributed by atoms with Gasteiger partial charge in [-0.2, -0.15) is 0 Å². The predicted molar refractivity (Wildman–Crippen MR) is 153 cm³/mol. The number of rotatable bonds is 22. The molecule has 1 amide bonds. The Morgan fingerprint density at radius 2 is 1.46 bits per heavy atom. The molecule has 1 saturated heterocycles. The lowest BCUT2D eigenvalue weighted by Crippen LogP contribution is -2.56. The van der Waals surface area contributed by atoms with Crippen molar-refractivity contribution < 1.29 is 90.2 Å². The van der Waals surface area contributed by atoms with Crippen molar-refractivity contribution in [1.82, 2.24) is 4.90 Å². The van der Waals surface area contributed by atoms with E-state index in [1.807, 2.05) is 0 Å². The minimum Gasteiger partial charge on any atom is -0.443 e. The van der Waals surface area contributed by atoms with E-state index in [1.165, 1.54) is 6.92 Å². The predicted octanol–water partition coefficient (Wildman–Crippen LogP) is -7.24. The monoisotopic (exact) mass is 678 g/mol. The molecule has 1 aliphatic heterocycles. The number of aliphatic hydroxyl groups excluding tert-OH is 12. The molecule has 13 atom stereocenters. The molecule has 46 heavy (non-hydrogen) atoms. The number of esters is 1. The molecule has 1 fully saturated rings. The summed E-state index contributed by atoms with van der Waals surface area (Å²) in [6, 6.07) is 0. The van der Waals surface area contributed by atoms with Crippen LogP contribution in [0.4, 0.5) is 0 Å². The number of hydrogen-bond acceptors (Lipinski definition) is 17. The molecule has 0 radical (unpaired) electrons. The largest absolute Gasteiger partial charge is 0.443 e. The molecule has 272 valence electrons. The van der Waals surface area contributed by atoms with Gasteiger partial charge in [-0.3, -0.25) is 4.79 Å². The van der Waals surface area contributed by atoms with E-state index in [4.69, 9.17) is 24.4 Å². The number of nitrogens with zero attached hydrogens (tertiary/aromatic N) is 1. The lowest BCUT2D eigenvalue weighted by atomic mass is 9.95. The zero-order valence-electron chi connectivity index (χ0n) is 26.1. The van der Waals surface area contributed by atoms with Gasteiger partial charge in [-0.15, -0.1) is 0 Å². The second-order valence-electron chi connectivity index (χ2n) is 11.9. The summed E-state index contributed by atoms with van der Waals surface area (Å²) in [6.45, 7) is 0.0382. The smallest absolute Gasteiger partial charge is 0.337 e. The summed E-state index contributed by atoms with van der Waals surface area (Å²) >= 11 is 0. The Morgan fingerprint density at radius 3 is 1.89 bits per heavy atom. The normalized spacial score (nSPS) is 26.5. The van der Waals surface area contributed by atoms with Gasteiger partial charge in [0.2, 0.25) is 5.79 Å². The third-order valence-corrected chi connectivity index (χ3v) is 7.82. The van der Waals surface area contributed by atoms with E-state index in [2.05, 4.69) is 0 Å². The van der Waals surface area contributed by atoms with Crippen LogP contribution in [-0.2, 0) is 23.8 Å². The van der Waals surface area contributed by atoms with Crippen molar-refractivity contribution in [3.8, 4) is 0 Å². The third kappa shape index (κ3) is 12.4. The summed E-state index contributed by atoms with van der Waals surface area (Å²) < 4.78 is 16.2. The van der Waals surface area contributed by atoms with E-state index in [0.717, 1.165) is 0 Å². The maximum absolute atomic E-state index is 13.2. The molecular formula is C27H52NO18+. The highest BCUT2D eigenvalue weighted by molar-refractivity contribution is 5.81. The Labute approximate surface area is 265 Å². The standard InChI is InChI=1S/C27H51NO18/c1-4-26(2,5-13(31)11-45-27(3)6-14(32)25(43)46-27)44-12-19(37)24(42)28(7-15(33)20(38)22(40)17(35)9-29)8-16(34)21(39)23(41)18(36)10-30/h13-23,29-41H,4-12H2,1-3H3/p+1/t13?,14?,15-,16-,17+,18+,19?,20+,21+,22+,23+,26?,27?/m0/s1. The fourth-order valence-electron chi connectivity index (χ4n) is 4.60. The topological polar surface area (TPSA) is 331 Å². The van der Waals surface area contributed by atoms with E-state index >= 15 is 0 Å². The lowest BCUT2D eigenvalue weighted by Gasteiger charge is -2.35. The van der Waals surface area contributed by atoms with Crippen LogP contribution in [0, 0.1) is 0 Å². The number of carbonyl (C=O) groups excluding carboxylic acids is 2. The van der Waals surface area contributed by atoms with E-state index in [-0.39, 0.29) is 25.9 Å². The highest BCUT2D eigenvalue weighted by Crippen LogP contribution is 2.29. The van der Waals surface area contributed by atoms with Gasteiger partial charge in [0.15, 0.2) is 24.9 Å². The molecule has 1 heterocycles. The molecule has 0 aromatic rings. The molecule has 0 aromatic heterocycles. The van der Waals surface area contributed by atoms with Crippen molar-refractivity contribution >= 4 is 11.9 Å². The Bertz CT molecular complexity index is 901. The summed E-state index contributed by atoms with van der Waals surface area (Å²) in [5, 5.41) is 127. The van der Waals surface area contributed by atoms with Crippen molar-refractivity contribution in [2.45, 2.75) is 119 Å². The Morgan fingerprint density at radius 1 is 0.957 bits per heavy atom. The fourth-order valence-corrected chi connectivity index (χ4v) is 4.60. The second kappa shape index (κ2) is 18.8. The molecule has 5 unspecified atom stereocenters. The first-order valence-corrected chi connectivity index (χ1v) is 14.8. The molecule has 0 aromatic carbocycles. The average molecular weight is 679 g/mol. The van der Waals surface area contributed by atoms with Crippen LogP contribution in [0.5, 0.6) is 0 Å². The second-order valence-corrected chi connectivity index (χ2v) is 11.9. The Hall–Kier alpha value is -1.66. The van der Waals surface area contributed by atoms with Crippen molar-refractivity contribution in [3.63, 3.8) is 0 Å². The zero-order chi connectivity index (χ0) is 35.6. The SMILES string of the molecule is CCC(C)(CC(O)COC1(C)CC(O)C(=O)O1)OCC(O)C(=O)N(C[C@H](O)[C@@H](O)[C@H](O)[C@H](O)CO)C[C@H](O)[C@@H](O)[C@H](O)[C@H](O)C[OH2+]. The van der Waals surface area contributed by atoms with Crippen LogP contribution in [0.25, 0.3) is 0 Å². The highest BCUT2D eigenvalue weighted by atomic mass is 16.7. The van der Waals surface area contributed by atoms with Gasteiger partial charge in [-0.1, -0.05) is 6.92 Å². The van der Waals surface area contributed by atoms with Crippen molar-refractivity contribution in [2.24, 2.45) is 0 Å². The van der Waals surface area contributed by atoms with Crippen molar-refractivity contribution in [3.05, 3.63) is 0 Å². The third-order valence-electron chi connectivity index (χ3n) is 7.82. The van der Waals surface area contributed by atoms with Gasteiger partial charge >= 0.3 is 5.97 Å². The van der Waals surface area contributed by atoms with Crippen molar-refractivity contribution in [2.75, 3.05) is 39.5 Å². The summed E-state index contributed by atoms with van der Waals surface area (Å²) in [7, 11) is 0. The van der Waals surface area contributed by atoms with Crippen LogP contribution in [0.1, 0.15) is 40.0 Å².